The first-order valence-electron chi connectivity index (χ1n) is 6.25. The van der Waals surface area contributed by atoms with Crippen LogP contribution in [0.15, 0.2) is 24.3 Å². The largest absolute Gasteiger partial charge is 0.497 e. The molecule has 0 aliphatic heterocycles. The zero-order valence-electron chi connectivity index (χ0n) is 11.7. The number of carbonyl (C=O) groups is 2. The van der Waals surface area contributed by atoms with E-state index in [0.717, 1.165) is 5.75 Å². The van der Waals surface area contributed by atoms with E-state index in [1.165, 1.54) is 4.90 Å². The van der Waals surface area contributed by atoms with E-state index in [0.29, 0.717) is 18.7 Å². The molecule has 0 unspecified atom stereocenters. The van der Waals surface area contributed by atoms with Crippen LogP contribution >= 0.6 is 0 Å². The molecule has 0 spiro atoms. The monoisotopic (exact) mass is 281 g/mol. The van der Waals surface area contributed by atoms with Crippen LogP contribution in [0.25, 0.3) is 0 Å². The summed E-state index contributed by atoms with van der Waals surface area (Å²) >= 11 is 0. The van der Waals surface area contributed by atoms with Gasteiger partial charge >= 0.3 is 5.97 Å². The van der Waals surface area contributed by atoms with Crippen LogP contribution in [0.2, 0.25) is 0 Å². The van der Waals surface area contributed by atoms with Crippen LogP contribution in [-0.2, 0) is 9.59 Å². The van der Waals surface area contributed by atoms with E-state index in [1.807, 2.05) is 0 Å². The van der Waals surface area contributed by atoms with Crippen molar-refractivity contribution in [1.29, 1.82) is 0 Å². The lowest BCUT2D eigenvalue weighted by molar-refractivity contribution is -0.138. The van der Waals surface area contributed by atoms with E-state index >= 15 is 0 Å². The highest BCUT2D eigenvalue weighted by Crippen LogP contribution is 2.16. The maximum Gasteiger partial charge on any atom is 0.303 e. The standard InChI is InChI=1S/C14H19NO5/c1-15(9-3-4-14(17)18)13(16)10-20-12-7-5-11(19-2)6-8-12/h5-8H,3-4,9-10H2,1-2H3,(H,17,18). The van der Waals surface area contributed by atoms with Crippen LogP contribution < -0.4 is 9.47 Å². The van der Waals surface area contributed by atoms with Gasteiger partial charge in [-0.3, -0.25) is 9.59 Å². The Bertz CT molecular complexity index is 443. The van der Waals surface area contributed by atoms with Crippen LogP contribution in [0.4, 0.5) is 0 Å². The van der Waals surface area contributed by atoms with E-state index in [2.05, 4.69) is 0 Å². The third-order valence-electron chi connectivity index (χ3n) is 2.73. The predicted molar refractivity (Wildman–Crippen MR) is 73.0 cm³/mol. The van der Waals surface area contributed by atoms with Gasteiger partial charge in [0.15, 0.2) is 6.61 Å². The number of carbonyl (C=O) groups excluding carboxylic acids is 1. The summed E-state index contributed by atoms with van der Waals surface area (Å²) in [4.78, 5) is 23.6. The van der Waals surface area contributed by atoms with Gasteiger partial charge < -0.3 is 19.5 Å². The van der Waals surface area contributed by atoms with Gasteiger partial charge in [-0.2, -0.15) is 0 Å². The molecule has 0 bridgehead atoms. The summed E-state index contributed by atoms with van der Waals surface area (Å²) in [6.45, 7) is 0.326. The number of hydrogen-bond acceptors (Lipinski definition) is 4. The summed E-state index contributed by atoms with van der Waals surface area (Å²) in [6, 6.07) is 6.93. The first kappa shape index (κ1) is 15.8. The van der Waals surface area contributed by atoms with Gasteiger partial charge in [-0.1, -0.05) is 0 Å². The highest BCUT2D eigenvalue weighted by Gasteiger charge is 2.10. The Kier molecular flexibility index (Phi) is 6.36. The number of likely N-dealkylation sites (N-methyl/N-ethyl adjacent to an activating group) is 1. The summed E-state index contributed by atoms with van der Waals surface area (Å²) in [5.74, 6) is 0.249. The van der Waals surface area contributed by atoms with Crippen molar-refractivity contribution in [1.82, 2.24) is 4.90 Å². The van der Waals surface area contributed by atoms with Crippen LogP contribution in [0.3, 0.4) is 0 Å². The number of benzene rings is 1. The van der Waals surface area contributed by atoms with E-state index in [1.54, 1.807) is 38.4 Å². The molecular formula is C14H19NO5. The summed E-state index contributed by atoms with van der Waals surface area (Å²) < 4.78 is 10.4. The number of methoxy groups -OCH3 is 1. The Balaban J connectivity index is 2.32. The Labute approximate surface area is 117 Å². The van der Waals surface area contributed by atoms with Crippen molar-refractivity contribution in [3.05, 3.63) is 24.3 Å². The summed E-state index contributed by atoms with van der Waals surface area (Å²) in [5, 5.41) is 8.52. The molecule has 110 valence electrons. The molecule has 0 radical (unpaired) electrons. The van der Waals surface area contributed by atoms with E-state index < -0.39 is 5.97 Å². The Morgan fingerprint density at radius 1 is 1.20 bits per heavy atom. The fourth-order valence-electron chi connectivity index (χ4n) is 1.52. The molecule has 0 saturated heterocycles. The second-order valence-corrected chi connectivity index (χ2v) is 4.28. The Morgan fingerprint density at radius 2 is 1.80 bits per heavy atom. The molecule has 6 heteroatoms. The maximum absolute atomic E-state index is 11.7. The first-order valence-corrected chi connectivity index (χ1v) is 6.25. The van der Waals surface area contributed by atoms with Crippen LogP contribution in [0, 0.1) is 0 Å². The first-order chi connectivity index (χ1) is 9.52. The average molecular weight is 281 g/mol. The van der Waals surface area contributed by atoms with Gasteiger partial charge in [-0.25, -0.2) is 0 Å². The zero-order valence-corrected chi connectivity index (χ0v) is 11.7. The van der Waals surface area contributed by atoms with Gasteiger partial charge in [-0.05, 0) is 30.7 Å². The van der Waals surface area contributed by atoms with Crippen molar-refractivity contribution < 1.29 is 24.2 Å². The third-order valence-corrected chi connectivity index (χ3v) is 2.73. The number of rotatable bonds is 8. The van der Waals surface area contributed by atoms with Gasteiger partial charge in [0.2, 0.25) is 0 Å². The van der Waals surface area contributed by atoms with Gasteiger partial charge in [0, 0.05) is 20.0 Å². The quantitative estimate of drug-likeness (QED) is 0.779. The molecule has 0 saturated carbocycles. The average Bonchev–Trinajstić information content (AvgIpc) is 2.44. The Morgan fingerprint density at radius 3 is 2.35 bits per heavy atom. The smallest absolute Gasteiger partial charge is 0.303 e. The minimum atomic E-state index is -0.861. The number of ether oxygens (including phenoxy) is 2. The van der Waals surface area contributed by atoms with Gasteiger partial charge in [0.1, 0.15) is 11.5 Å². The van der Waals surface area contributed by atoms with Gasteiger partial charge in [0.25, 0.3) is 5.91 Å². The fraction of sp³-hybridized carbons (Fsp3) is 0.429. The zero-order chi connectivity index (χ0) is 15.0. The van der Waals surface area contributed by atoms with Crippen molar-refractivity contribution in [2.24, 2.45) is 0 Å². The molecule has 1 aromatic carbocycles. The molecule has 1 amide bonds. The molecule has 20 heavy (non-hydrogen) atoms. The normalized spacial score (nSPS) is 9.90. The highest BCUT2D eigenvalue weighted by molar-refractivity contribution is 5.77. The summed E-state index contributed by atoms with van der Waals surface area (Å²) in [5.41, 5.74) is 0. The van der Waals surface area contributed by atoms with Gasteiger partial charge in [0.05, 0.1) is 7.11 Å². The molecule has 6 nitrogen and oxygen atoms in total. The number of hydrogen-bond donors (Lipinski definition) is 1. The molecule has 0 aromatic heterocycles. The van der Waals surface area contributed by atoms with Crippen LogP contribution in [0.1, 0.15) is 12.8 Å². The van der Waals surface area contributed by atoms with E-state index in [9.17, 15) is 9.59 Å². The van der Waals surface area contributed by atoms with Gasteiger partial charge in [-0.15, -0.1) is 0 Å². The Hall–Kier alpha value is -2.24. The van der Waals surface area contributed by atoms with E-state index in [4.69, 9.17) is 14.6 Å². The van der Waals surface area contributed by atoms with Crippen LogP contribution in [0.5, 0.6) is 11.5 Å². The molecule has 0 aliphatic rings. The molecule has 0 heterocycles. The SMILES string of the molecule is COc1ccc(OCC(=O)N(C)CCCC(=O)O)cc1. The van der Waals surface area contributed by atoms with Crippen LogP contribution in [-0.4, -0.2) is 49.2 Å². The third kappa shape index (κ3) is 5.60. The van der Waals surface area contributed by atoms with E-state index in [-0.39, 0.29) is 18.9 Å². The van der Waals surface area contributed by atoms with Crippen molar-refractivity contribution in [3.63, 3.8) is 0 Å². The van der Waals surface area contributed by atoms with Crippen molar-refractivity contribution >= 4 is 11.9 Å². The number of nitrogens with zero attached hydrogens (tertiary/aromatic N) is 1. The molecule has 0 aliphatic carbocycles. The minimum Gasteiger partial charge on any atom is -0.497 e. The summed E-state index contributed by atoms with van der Waals surface area (Å²) in [6.07, 6.45) is 0.483. The lowest BCUT2D eigenvalue weighted by atomic mass is 10.3. The fourth-order valence-corrected chi connectivity index (χ4v) is 1.52. The molecule has 1 aromatic rings. The maximum atomic E-state index is 11.7. The highest BCUT2D eigenvalue weighted by atomic mass is 16.5. The van der Waals surface area contributed by atoms with Crippen molar-refractivity contribution in [2.75, 3.05) is 27.3 Å². The molecular weight excluding hydrogens is 262 g/mol. The molecule has 1 rings (SSSR count). The lowest BCUT2D eigenvalue weighted by Gasteiger charge is -2.17. The predicted octanol–water partition coefficient (Wildman–Crippen LogP) is 1.40. The number of carboxylic acid groups (broad SMARTS) is 1. The molecule has 0 fully saturated rings. The topological polar surface area (TPSA) is 76.1 Å². The number of carboxylic acids is 1. The molecule has 1 N–H and O–H groups in total. The second-order valence-electron chi connectivity index (χ2n) is 4.28. The minimum absolute atomic E-state index is 0.0525. The number of amides is 1. The van der Waals surface area contributed by atoms with Crippen molar-refractivity contribution in [2.45, 2.75) is 12.8 Å². The lowest BCUT2D eigenvalue weighted by Crippen LogP contribution is -2.32. The summed E-state index contributed by atoms with van der Waals surface area (Å²) in [7, 11) is 3.20. The molecule has 0 atom stereocenters. The second kappa shape index (κ2) is 8.04. The number of aliphatic carboxylic acids is 1. The van der Waals surface area contributed by atoms with Crippen molar-refractivity contribution in [3.8, 4) is 11.5 Å².